The Kier molecular flexibility index (Phi) is 13.2. The normalized spacial score (nSPS) is 10.2. The molecule has 0 saturated heterocycles. The van der Waals surface area contributed by atoms with Gasteiger partial charge in [-0.05, 0) is 6.42 Å². The molecule has 0 aromatic heterocycles. The zero-order valence-electron chi connectivity index (χ0n) is 6.80. The first-order valence-electron chi connectivity index (χ1n) is 3.41. The van der Waals surface area contributed by atoms with Crippen LogP contribution in [0.2, 0.25) is 0 Å². The van der Waals surface area contributed by atoms with Crippen LogP contribution in [-0.4, -0.2) is 6.04 Å². The molecule has 0 saturated carbocycles. The highest BCUT2D eigenvalue weighted by atomic mass is 14.6. The zero-order chi connectivity index (χ0) is 8.41. The highest BCUT2D eigenvalue weighted by Crippen LogP contribution is 1.91. The fourth-order valence-electron chi connectivity index (χ4n) is 0.451. The van der Waals surface area contributed by atoms with E-state index in [9.17, 15) is 0 Å². The minimum atomic E-state index is 0.213. The highest BCUT2D eigenvalue weighted by molar-refractivity contribution is 4.80. The molecule has 2 heteroatoms. The van der Waals surface area contributed by atoms with Gasteiger partial charge in [0.05, 0.1) is 6.07 Å². The molecule has 0 aromatic carbocycles. The third kappa shape index (κ3) is 15.7. The van der Waals surface area contributed by atoms with Gasteiger partial charge in [-0.2, -0.15) is 5.26 Å². The van der Waals surface area contributed by atoms with Gasteiger partial charge < -0.3 is 5.73 Å². The van der Waals surface area contributed by atoms with E-state index in [1.807, 2.05) is 0 Å². The van der Waals surface area contributed by atoms with Crippen LogP contribution in [0.1, 0.15) is 26.7 Å². The fourth-order valence-corrected chi connectivity index (χ4v) is 0.451. The summed E-state index contributed by atoms with van der Waals surface area (Å²) >= 11 is 0. The Hall–Kier alpha value is -0.810. The number of rotatable bonds is 3. The summed E-state index contributed by atoms with van der Waals surface area (Å²) in [5.41, 5.74) is 5.47. The Labute approximate surface area is 63.3 Å². The van der Waals surface area contributed by atoms with Crippen molar-refractivity contribution in [1.82, 2.24) is 0 Å². The summed E-state index contributed by atoms with van der Waals surface area (Å²) in [6, 6.07) is 1.96. The van der Waals surface area contributed by atoms with Crippen molar-refractivity contribution in [3.05, 3.63) is 12.7 Å². The molecule has 0 aliphatic heterocycles. The molecule has 0 rings (SSSR count). The van der Waals surface area contributed by atoms with Gasteiger partial charge in [0.25, 0.3) is 0 Å². The number of hydrogen-bond donors (Lipinski definition) is 1. The molecule has 1 unspecified atom stereocenters. The molecule has 2 nitrogen and oxygen atoms in total. The van der Waals surface area contributed by atoms with Gasteiger partial charge in [0, 0.05) is 13.0 Å². The molecule has 2 N–H and O–H groups in total. The van der Waals surface area contributed by atoms with E-state index in [1.165, 1.54) is 6.92 Å². The van der Waals surface area contributed by atoms with Gasteiger partial charge in [0.2, 0.25) is 0 Å². The van der Waals surface area contributed by atoms with Crippen LogP contribution in [0, 0.1) is 11.3 Å². The van der Waals surface area contributed by atoms with Crippen molar-refractivity contribution in [2.24, 2.45) is 5.73 Å². The van der Waals surface area contributed by atoms with Gasteiger partial charge in [-0.25, -0.2) is 0 Å². The molecule has 0 radical (unpaired) electrons. The van der Waals surface area contributed by atoms with Gasteiger partial charge in [-0.1, -0.05) is 19.4 Å². The van der Waals surface area contributed by atoms with Gasteiger partial charge in [-0.15, -0.1) is 6.58 Å². The van der Waals surface area contributed by atoms with Crippen LogP contribution >= 0.6 is 0 Å². The molecular weight excluding hydrogens is 124 g/mol. The van der Waals surface area contributed by atoms with E-state index in [4.69, 9.17) is 11.0 Å². The lowest BCUT2D eigenvalue weighted by molar-refractivity contribution is 0.705. The molecule has 0 aliphatic carbocycles. The van der Waals surface area contributed by atoms with Crippen LogP contribution in [0.4, 0.5) is 0 Å². The second kappa shape index (κ2) is 11.0. The van der Waals surface area contributed by atoms with Crippen LogP contribution in [0.5, 0.6) is 0 Å². The second-order valence-electron chi connectivity index (χ2n) is 1.91. The first-order chi connectivity index (χ1) is 4.72. The predicted octanol–water partition coefficient (Wildman–Crippen LogP) is 1.83. The summed E-state index contributed by atoms with van der Waals surface area (Å²) in [7, 11) is 0. The predicted molar refractivity (Wildman–Crippen MR) is 44.4 cm³/mol. The van der Waals surface area contributed by atoms with Crippen molar-refractivity contribution >= 4 is 0 Å². The monoisotopic (exact) mass is 140 g/mol. The standard InChI is InChI=1S/C6H13N.C2H3N/c1-3-5-6(7)4-2;1-2-3/h4,6H,2-3,5,7H2,1H3;1H3. The third-order valence-corrected chi connectivity index (χ3v) is 0.925. The lowest BCUT2D eigenvalue weighted by Crippen LogP contribution is -2.14. The van der Waals surface area contributed by atoms with Crippen LogP contribution in [0.15, 0.2) is 12.7 Å². The maximum absolute atomic E-state index is 7.32. The molecule has 0 heterocycles. The molecule has 0 aliphatic rings. The van der Waals surface area contributed by atoms with Crippen LogP contribution in [0.3, 0.4) is 0 Å². The Morgan fingerprint density at radius 3 is 2.30 bits per heavy atom. The third-order valence-electron chi connectivity index (χ3n) is 0.925. The van der Waals surface area contributed by atoms with Crippen LogP contribution < -0.4 is 5.73 Å². The van der Waals surface area contributed by atoms with E-state index in [0.717, 1.165) is 12.8 Å². The van der Waals surface area contributed by atoms with Crippen molar-refractivity contribution in [2.45, 2.75) is 32.7 Å². The van der Waals surface area contributed by atoms with Crippen molar-refractivity contribution in [3.8, 4) is 6.07 Å². The summed E-state index contributed by atoms with van der Waals surface area (Å²) in [6.45, 7) is 7.10. The smallest absolute Gasteiger partial charge is 0.0587 e. The summed E-state index contributed by atoms with van der Waals surface area (Å²) < 4.78 is 0. The number of nitrogens with zero attached hydrogens (tertiary/aromatic N) is 1. The zero-order valence-corrected chi connectivity index (χ0v) is 6.80. The van der Waals surface area contributed by atoms with Gasteiger partial charge in [-0.3, -0.25) is 0 Å². The van der Waals surface area contributed by atoms with Crippen molar-refractivity contribution < 1.29 is 0 Å². The average molecular weight is 140 g/mol. The molecule has 1 atom stereocenters. The van der Waals surface area contributed by atoms with E-state index >= 15 is 0 Å². The van der Waals surface area contributed by atoms with Crippen molar-refractivity contribution in [1.29, 1.82) is 5.26 Å². The van der Waals surface area contributed by atoms with E-state index in [2.05, 4.69) is 13.5 Å². The second-order valence-corrected chi connectivity index (χ2v) is 1.91. The fraction of sp³-hybridized carbons (Fsp3) is 0.625. The largest absolute Gasteiger partial charge is 0.324 e. The minimum absolute atomic E-state index is 0.213. The molecule has 58 valence electrons. The average Bonchev–Trinajstić information content (AvgIpc) is 1.90. The number of nitriles is 1. The van der Waals surface area contributed by atoms with Gasteiger partial charge in [0.1, 0.15) is 0 Å². The molecule has 0 spiro atoms. The summed E-state index contributed by atoms with van der Waals surface area (Å²) in [5.74, 6) is 0. The summed E-state index contributed by atoms with van der Waals surface area (Å²) in [5, 5.41) is 7.32. The van der Waals surface area contributed by atoms with Crippen molar-refractivity contribution in [2.75, 3.05) is 0 Å². The maximum Gasteiger partial charge on any atom is 0.0587 e. The molecular formula is C8H16N2. The lowest BCUT2D eigenvalue weighted by atomic mass is 10.2. The van der Waals surface area contributed by atoms with Crippen LogP contribution in [0.25, 0.3) is 0 Å². The van der Waals surface area contributed by atoms with Crippen molar-refractivity contribution in [3.63, 3.8) is 0 Å². The quantitative estimate of drug-likeness (QED) is 0.608. The van der Waals surface area contributed by atoms with Gasteiger partial charge >= 0.3 is 0 Å². The Balaban J connectivity index is 0. The number of hydrogen-bond acceptors (Lipinski definition) is 2. The summed E-state index contributed by atoms with van der Waals surface area (Å²) in [6.07, 6.45) is 3.99. The topological polar surface area (TPSA) is 49.8 Å². The van der Waals surface area contributed by atoms with Crippen LogP contribution in [-0.2, 0) is 0 Å². The van der Waals surface area contributed by atoms with E-state index < -0.39 is 0 Å². The first-order valence-corrected chi connectivity index (χ1v) is 3.41. The molecule has 0 aromatic rings. The van der Waals surface area contributed by atoms with E-state index in [0.29, 0.717) is 0 Å². The number of nitrogens with two attached hydrogens (primary N) is 1. The van der Waals surface area contributed by atoms with E-state index in [1.54, 1.807) is 12.1 Å². The molecule has 0 amide bonds. The molecule has 0 fully saturated rings. The Bertz CT molecular complexity index is 102. The SMILES string of the molecule is C=CC(N)CCC.CC#N. The van der Waals surface area contributed by atoms with Gasteiger partial charge in [0.15, 0.2) is 0 Å². The molecule has 0 bridgehead atoms. The summed E-state index contributed by atoms with van der Waals surface area (Å²) in [4.78, 5) is 0. The Morgan fingerprint density at radius 1 is 1.80 bits per heavy atom. The molecule has 10 heavy (non-hydrogen) atoms. The van der Waals surface area contributed by atoms with E-state index in [-0.39, 0.29) is 6.04 Å². The minimum Gasteiger partial charge on any atom is -0.324 e. The Morgan fingerprint density at radius 2 is 2.20 bits per heavy atom. The maximum atomic E-state index is 7.32. The lowest BCUT2D eigenvalue weighted by Gasteiger charge is -1.99. The first kappa shape index (κ1) is 11.9. The highest BCUT2D eigenvalue weighted by Gasteiger charge is 1.89.